The van der Waals surface area contributed by atoms with Crippen LogP contribution in [0.1, 0.15) is 24.1 Å². The Labute approximate surface area is 145 Å². The van der Waals surface area contributed by atoms with E-state index in [1.807, 2.05) is 30.3 Å². The zero-order valence-corrected chi connectivity index (χ0v) is 14.1. The highest BCUT2D eigenvalue weighted by Crippen LogP contribution is 2.27. The molecule has 1 fully saturated rings. The van der Waals surface area contributed by atoms with Crippen LogP contribution in [0.4, 0.5) is 17.5 Å². The van der Waals surface area contributed by atoms with Crippen LogP contribution in [0.5, 0.6) is 0 Å². The summed E-state index contributed by atoms with van der Waals surface area (Å²) < 4.78 is 5.56. The smallest absolute Gasteiger partial charge is 0.332 e. The Morgan fingerprint density at radius 2 is 2.08 bits per heavy atom. The van der Waals surface area contributed by atoms with Gasteiger partial charge in [-0.3, -0.25) is 10.1 Å². The SMILES string of the molecule is Cc1nc(NCC2CCCO2)nc(NCc2ccccc2)c1[N+](=O)[O-]. The van der Waals surface area contributed by atoms with E-state index < -0.39 is 4.92 Å². The third-order valence-corrected chi connectivity index (χ3v) is 4.06. The first kappa shape index (κ1) is 17.1. The number of aromatic nitrogens is 2. The molecule has 0 amide bonds. The Kier molecular flexibility index (Phi) is 5.39. The Bertz CT molecular complexity index is 733. The monoisotopic (exact) mass is 343 g/mol. The predicted octanol–water partition coefficient (Wildman–Crippen LogP) is 2.90. The van der Waals surface area contributed by atoms with Crippen molar-refractivity contribution in [2.75, 3.05) is 23.8 Å². The Hall–Kier alpha value is -2.74. The zero-order chi connectivity index (χ0) is 17.6. The maximum Gasteiger partial charge on any atom is 0.332 e. The number of rotatable bonds is 7. The van der Waals surface area contributed by atoms with E-state index in [4.69, 9.17) is 4.74 Å². The fourth-order valence-electron chi connectivity index (χ4n) is 2.78. The number of ether oxygens (including phenoxy) is 1. The molecule has 1 unspecified atom stereocenters. The van der Waals surface area contributed by atoms with Crippen molar-refractivity contribution in [2.45, 2.75) is 32.4 Å². The molecule has 25 heavy (non-hydrogen) atoms. The quantitative estimate of drug-likeness (QED) is 0.588. The minimum absolute atomic E-state index is 0.0985. The molecule has 1 aromatic carbocycles. The molecule has 0 saturated carbocycles. The highest BCUT2D eigenvalue weighted by molar-refractivity contribution is 5.61. The van der Waals surface area contributed by atoms with Crippen molar-refractivity contribution < 1.29 is 9.66 Å². The number of benzene rings is 1. The van der Waals surface area contributed by atoms with Crippen LogP contribution in [0, 0.1) is 17.0 Å². The molecule has 0 bridgehead atoms. The van der Waals surface area contributed by atoms with Crippen LogP contribution in [-0.4, -0.2) is 34.1 Å². The number of hydrogen-bond acceptors (Lipinski definition) is 7. The lowest BCUT2D eigenvalue weighted by atomic mass is 10.2. The maximum atomic E-state index is 11.4. The van der Waals surface area contributed by atoms with Gasteiger partial charge in [0.2, 0.25) is 11.8 Å². The first-order valence-corrected chi connectivity index (χ1v) is 8.30. The number of aryl methyl sites for hydroxylation is 1. The minimum atomic E-state index is -0.452. The van der Waals surface area contributed by atoms with Gasteiger partial charge in [-0.2, -0.15) is 4.98 Å². The summed E-state index contributed by atoms with van der Waals surface area (Å²) in [6.07, 6.45) is 2.19. The molecular formula is C17H21N5O3. The molecule has 0 spiro atoms. The summed E-state index contributed by atoms with van der Waals surface area (Å²) in [7, 11) is 0. The van der Waals surface area contributed by atoms with Crippen molar-refractivity contribution in [3.05, 3.63) is 51.7 Å². The van der Waals surface area contributed by atoms with E-state index in [1.54, 1.807) is 6.92 Å². The topological polar surface area (TPSA) is 102 Å². The van der Waals surface area contributed by atoms with E-state index >= 15 is 0 Å². The first-order valence-electron chi connectivity index (χ1n) is 8.30. The van der Waals surface area contributed by atoms with E-state index in [9.17, 15) is 10.1 Å². The third kappa shape index (κ3) is 4.42. The number of nitrogens with one attached hydrogen (secondary N) is 2. The Morgan fingerprint density at radius 3 is 2.76 bits per heavy atom. The summed E-state index contributed by atoms with van der Waals surface area (Å²) in [6.45, 7) is 3.43. The van der Waals surface area contributed by atoms with E-state index in [-0.39, 0.29) is 17.6 Å². The molecule has 8 nitrogen and oxygen atoms in total. The van der Waals surface area contributed by atoms with Crippen LogP contribution in [0.2, 0.25) is 0 Å². The molecule has 8 heteroatoms. The van der Waals surface area contributed by atoms with Gasteiger partial charge in [-0.15, -0.1) is 0 Å². The number of nitro groups is 1. The Balaban J connectivity index is 1.76. The van der Waals surface area contributed by atoms with Gasteiger partial charge in [0.25, 0.3) is 0 Å². The summed E-state index contributed by atoms with van der Waals surface area (Å²) in [5.74, 6) is 0.588. The second-order valence-electron chi connectivity index (χ2n) is 5.94. The van der Waals surface area contributed by atoms with Gasteiger partial charge in [-0.25, -0.2) is 4.98 Å². The van der Waals surface area contributed by atoms with Crippen LogP contribution < -0.4 is 10.6 Å². The van der Waals surface area contributed by atoms with Crippen molar-refractivity contribution in [3.8, 4) is 0 Å². The van der Waals surface area contributed by atoms with Crippen LogP contribution in [-0.2, 0) is 11.3 Å². The van der Waals surface area contributed by atoms with Gasteiger partial charge < -0.3 is 15.4 Å². The van der Waals surface area contributed by atoms with Gasteiger partial charge in [0.05, 0.1) is 11.0 Å². The fraction of sp³-hybridized carbons (Fsp3) is 0.412. The Morgan fingerprint density at radius 1 is 1.28 bits per heavy atom. The fourth-order valence-corrected chi connectivity index (χ4v) is 2.78. The largest absolute Gasteiger partial charge is 0.376 e. The minimum Gasteiger partial charge on any atom is -0.376 e. The van der Waals surface area contributed by atoms with Gasteiger partial charge in [0, 0.05) is 19.7 Å². The van der Waals surface area contributed by atoms with Crippen molar-refractivity contribution >= 4 is 17.5 Å². The second-order valence-corrected chi connectivity index (χ2v) is 5.94. The molecule has 0 radical (unpaired) electrons. The van der Waals surface area contributed by atoms with Gasteiger partial charge in [0.1, 0.15) is 5.69 Å². The molecule has 1 atom stereocenters. The summed E-state index contributed by atoms with van der Waals surface area (Å²) >= 11 is 0. The highest BCUT2D eigenvalue weighted by Gasteiger charge is 2.23. The molecule has 132 valence electrons. The molecule has 2 aromatic rings. The second kappa shape index (κ2) is 7.89. The summed E-state index contributed by atoms with van der Waals surface area (Å²) in [5.41, 5.74) is 1.24. The molecule has 0 aliphatic carbocycles. The predicted molar refractivity (Wildman–Crippen MR) is 94.7 cm³/mol. The number of nitrogens with zero attached hydrogens (tertiary/aromatic N) is 3. The molecule has 1 aliphatic heterocycles. The van der Waals surface area contributed by atoms with E-state index in [2.05, 4.69) is 20.6 Å². The molecule has 2 heterocycles. The molecule has 3 rings (SSSR count). The van der Waals surface area contributed by atoms with E-state index in [0.29, 0.717) is 24.7 Å². The third-order valence-electron chi connectivity index (χ3n) is 4.06. The lowest BCUT2D eigenvalue weighted by Crippen LogP contribution is -2.20. The molecule has 1 saturated heterocycles. The van der Waals surface area contributed by atoms with Gasteiger partial charge in [-0.1, -0.05) is 30.3 Å². The highest BCUT2D eigenvalue weighted by atomic mass is 16.6. The van der Waals surface area contributed by atoms with Crippen molar-refractivity contribution in [1.29, 1.82) is 0 Å². The van der Waals surface area contributed by atoms with Crippen LogP contribution in [0.3, 0.4) is 0 Å². The average molecular weight is 343 g/mol. The summed E-state index contributed by atoms with van der Waals surface area (Å²) in [5, 5.41) is 17.6. The van der Waals surface area contributed by atoms with Gasteiger partial charge in [-0.05, 0) is 25.3 Å². The van der Waals surface area contributed by atoms with E-state index in [1.165, 1.54) is 0 Å². The van der Waals surface area contributed by atoms with Crippen molar-refractivity contribution in [3.63, 3.8) is 0 Å². The van der Waals surface area contributed by atoms with Gasteiger partial charge >= 0.3 is 5.69 Å². The lowest BCUT2D eigenvalue weighted by Gasteiger charge is -2.13. The number of anilines is 2. The van der Waals surface area contributed by atoms with Crippen molar-refractivity contribution in [1.82, 2.24) is 9.97 Å². The molecule has 2 N–H and O–H groups in total. The van der Waals surface area contributed by atoms with Crippen LogP contribution in [0.15, 0.2) is 30.3 Å². The lowest BCUT2D eigenvalue weighted by molar-refractivity contribution is -0.385. The standard InChI is InChI=1S/C17H21N5O3/c1-12-15(22(23)24)16(18-10-13-6-3-2-4-7-13)21-17(20-12)19-11-14-8-5-9-25-14/h2-4,6-7,14H,5,8-11H2,1H3,(H2,18,19,20,21). The van der Waals surface area contributed by atoms with Crippen LogP contribution in [0.25, 0.3) is 0 Å². The molecular weight excluding hydrogens is 322 g/mol. The molecule has 1 aliphatic rings. The van der Waals surface area contributed by atoms with Gasteiger partial charge in [0.15, 0.2) is 0 Å². The summed E-state index contributed by atoms with van der Waals surface area (Å²) in [6, 6.07) is 9.66. The van der Waals surface area contributed by atoms with Crippen LogP contribution >= 0.6 is 0 Å². The van der Waals surface area contributed by atoms with E-state index in [0.717, 1.165) is 25.0 Å². The number of hydrogen-bond donors (Lipinski definition) is 2. The maximum absolute atomic E-state index is 11.4. The summed E-state index contributed by atoms with van der Waals surface area (Å²) in [4.78, 5) is 19.4. The zero-order valence-electron chi connectivity index (χ0n) is 14.1. The average Bonchev–Trinajstić information content (AvgIpc) is 3.12. The normalized spacial score (nSPS) is 16.6. The first-order chi connectivity index (χ1) is 12.1. The molecule has 1 aromatic heterocycles. The van der Waals surface area contributed by atoms with Crippen molar-refractivity contribution in [2.24, 2.45) is 0 Å².